The number of hydrogen-bond acceptors (Lipinski definition) is 3. The Balaban J connectivity index is 1.65. The maximum absolute atomic E-state index is 9.46. The zero-order valence-corrected chi connectivity index (χ0v) is 19.1. The van der Waals surface area contributed by atoms with Crippen molar-refractivity contribution in [3.8, 4) is 17.2 Å². The lowest BCUT2D eigenvalue weighted by Crippen LogP contribution is -1.93. The maximum atomic E-state index is 9.46. The van der Waals surface area contributed by atoms with Gasteiger partial charge in [0.15, 0.2) is 0 Å². The van der Waals surface area contributed by atoms with Gasteiger partial charge < -0.3 is 0 Å². The van der Waals surface area contributed by atoms with Crippen LogP contribution < -0.4 is 0 Å². The fourth-order valence-electron chi connectivity index (χ4n) is 5.89. The first-order valence-corrected chi connectivity index (χ1v) is 11.6. The molecule has 0 saturated heterocycles. The minimum atomic E-state index is 0.686. The van der Waals surface area contributed by atoms with E-state index in [9.17, 15) is 5.26 Å². The van der Waals surface area contributed by atoms with E-state index in [0.717, 1.165) is 72.4 Å². The van der Waals surface area contributed by atoms with Crippen LogP contribution in [0.3, 0.4) is 0 Å². The van der Waals surface area contributed by atoms with Crippen molar-refractivity contribution in [2.75, 3.05) is 0 Å². The van der Waals surface area contributed by atoms with Crippen molar-refractivity contribution >= 4 is 50.2 Å². The minimum Gasteiger partial charge on any atom is -0.276 e. The average molecular weight is 451 g/mol. The second kappa shape index (κ2) is 6.16. The first-order chi connectivity index (χ1) is 17.1. The van der Waals surface area contributed by atoms with E-state index in [1.807, 2.05) is 24.3 Å². The number of benzene rings is 4. The summed E-state index contributed by atoms with van der Waals surface area (Å²) in [6, 6.07) is 27.2. The Labute approximate surface area is 199 Å². The summed E-state index contributed by atoms with van der Waals surface area (Å²) in [5.41, 5.74) is 12.5. The fourth-order valence-corrected chi connectivity index (χ4v) is 5.89. The van der Waals surface area contributed by atoms with Gasteiger partial charge >= 0.3 is 0 Å². The van der Waals surface area contributed by atoms with Crippen LogP contribution in [0.25, 0.3) is 61.3 Å². The zero-order valence-electron chi connectivity index (χ0n) is 19.1. The molecule has 4 aromatic carbocycles. The van der Waals surface area contributed by atoms with E-state index < -0.39 is 0 Å². The van der Waals surface area contributed by atoms with Crippen molar-refractivity contribution in [3.63, 3.8) is 0 Å². The summed E-state index contributed by atoms with van der Waals surface area (Å²) in [5, 5.41) is 9.46. The summed E-state index contributed by atoms with van der Waals surface area (Å²) in [5.74, 6) is 1.73. The normalized spacial score (nSPS) is 12.3. The Bertz CT molecular complexity index is 2060. The number of hydrogen-bond donors (Lipinski definition) is 0. The highest BCUT2D eigenvalue weighted by atomic mass is 15.3. The van der Waals surface area contributed by atoms with Gasteiger partial charge in [0.2, 0.25) is 11.6 Å². The molecule has 0 spiro atoms. The molecule has 4 heterocycles. The molecule has 0 aliphatic heterocycles. The molecular formula is C29H18N6. The van der Waals surface area contributed by atoms with Gasteiger partial charge in [0.05, 0.1) is 44.7 Å². The molecule has 0 bridgehead atoms. The van der Waals surface area contributed by atoms with Crippen LogP contribution in [0.5, 0.6) is 0 Å². The van der Waals surface area contributed by atoms with E-state index in [1.165, 1.54) is 0 Å². The summed E-state index contributed by atoms with van der Waals surface area (Å²) in [6.45, 7) is 4.16. The van der Waals surface area contributed by atoms with E-state index in [2.05, 4.69) is 81.6 Å². The molecule has 0 saturated carbocycles. The number of nitriles is 1. The van der Waals surface area contributed by atoms with Crippen molar-refractivity contribution in [2.24, 2.45) is 0 Å². The van der Waals surface area contributed by atoms with E-state index in [4.69, 9.17) is 9.97 Å². The molecule has 4 aromatic heterocycles. The van der Waals surface area contributed by atoms with Crippen molar-refractivity contribution in [3.05, 3.63) is 89.5 Å². The summed E-state index contributed by atoms with van der Waals surface area (Å²) in [7, 11) is 0. The van der Waals surface area contributed by atoms with Gasteiger partial charge in [-0.1, -0.05) is 24.3 Å². The third-order valence-corrected chi connectivity index (χ3v) is 7.21. The fraction of sp³-hybridized carbons (Fsp3) is 0.0690. The molecule has 164 valence electrons. The second-order valence-electron chi connectivity index (χ2n) is 9.27. The van der Waals surface area contributed by atoms with Crippen LogP contribution >= 0.6 is 0 Å². The monoisotopic (exact) mass is 450 g/mol. The van der Waals surface area contributed by atoms with E-state index in [1.54, 1.807) is 0 Å². The lowest BCUT2D eigenvalue weighted by atomic mass is 9.93. The van der Waals surface area contributed by atoms with Crippen LogP contribution in [0.1, 0.15) is 16.7 Å². The molecule has 0 unspecified atom stereocenters. The van der Waals surface area contributed by atoms with Gasteiger partial charge in [0.25, 0.3) is 0 Å². The molecular weight excluding hydrogens is 432 g/mol. The largest absolute Gasteiger partial charge is 0.276 e. The lowest BCUT2D eigenvalue weighted by Gasteiger charge is -2.12. The Morgan fingerprint density at radius 1 is 0.657 bits per heavy atom. The molecule has 0 N–H and O–H groups in total. The Morgan fingerprint density at radius 3 is 1.69 bits per heavy atom. The molecule has 0 radical (unpaired) electrons. The predicted molar refractivity (Wildman–Crippen MR) is 138 cm³/mol. The Kier molecular flexibility index (Phi) is 3.26. The SMILES string of the molecule is Cc1cc(C#N)cc(C)c1-c1cc2c3c(c1)n1c4ccccc4nc1n3c1nc3ccccc3n21. The molecule has 35 heavy (non-hydrogen) atoms. The third-order valence-electron chi connectivity index (χ3n) is 7.21. The van der Waals surface area contributed by atoms with Crippen molar-refractivity contribution in [1.29, 1.82) is 5.26 Å². The van der Waals surface area contributed by atoms with Crippen molar-refractivity contribution in [1.82, 2.24) is 23.2 Å². The van der Waals surface area contributed by atoms with Gasteiger partial charge in [0.1, 0.15) is 5.52 Å². The van der Waals surface area contributed by atoms with Gasteiger partial charge in [-0.05, 0) is 84.6 Å². The van der Waals surface area contributed by atoms with Crippen LogP contribution in [-0.2, 0) is 0 Å². The van der Waals surface area contributed by atoms with Crippen molar-refractivity contribution < 1.29 is 0 Å². The van der Waals surface area contributed by atoms with Gasteiger partial charge in [-0.25, -0.2) is 14.4 Å². The Hall–Kier alpha value is -4.89. The number of imidazole rings is 4. The molecule has 0 aliphatic rings. The molecule has 0 aliphatic carbocycles. The van der Waals surface area contributed by atoms with Crippen LogP contribution in [0.4, 0.5) is 0 Å². The lowest BCUT2D eigenvalue weighted by molar-refractivity contribution is 1.15. The van der Waals surface area contributed by atoms with E-state index in [0.29, 0.717) is 5.56 Å². The minimum absolute atomic E-state index is 0.686. The molecule has 8 rings (SSSR count). The summed E-state index contributed by atoms with van der Waals surface area (Å²) in [6.07, 6.45) is 0. The first-order valence-electron chi connectivity index (χ1n) is 11.6. The summed E-state index contributed by atoms with van der Waals surface area (Å²) in [4.78, 5) is 10.0. The van der Waals surface area contributed by atoms with Gasteiger partial charge in [0, 0.05) is 0 Å². The van der Waals surface area contributed by atoms with Crippen molar-refractivity contribution in [2.45, 2.75) is 13.8 Å². The molecule has 8 aromatic rings. The van der Waals surface area contributed by atoms with Gasteiger partial charge in [-0.3, -0.25) is 8.80 Å². The number of rotatable bonds is 1. The quantitative estimate of drug-likeness (QED) is 0.295. The van der Waals surface area contributed by atoms with Crippen LogP contribution in [0, 0.1) is 25.2 Å². The topological polar surface area (TPSA) is 62.8 Å². The van der Waals surface area contributed by atoms with Gasteiger partial charge in [-0.2, -0.15) is 5.26 Å². The number of para-hydroxylation sites is 4. The number of aryl methyl sites for hydroxylation is 2. The maximum Gasteiger partial charge on any atom is 0.223 e. The molecule has 0 fully saturated rings. The first kappa shape index (κ1) is 18.5. The smallest absolute Gasteiger partial charge is 0.223 e. The van der Waals surface area contributed by atoms with Gasteiger partial charge in [-0.15, -0.1) is 0 Å². The predicted octanol–water partition coefficient (Wildman–Crippen LogP) is 6.29. The average Bonchev–Trinajstić information content (AvgIpc) is 3.57. The molecule has 0 atom stereocenters. The second-order valence-corrected chi connectivity index (χ2v) is 9.27. The van der Waals surface area contributed by atoms with E-state index >= 15 is 0 Å². The summed E-state index contributed by atoms with van der Waals surface area (Å²) >= 11 is 0. The standard InChI is InChI=1S/C29H18N6/c1-16-11-18(15-30)12-17(2)26(16)19-13-24-27-25(14-19)34-23-10-6-4-8-21(23)32-29(34)35(27)28-31-20-7-3-5-9-22(20)33(24)28/h3-14H,1-2H3. The summed E-state index contributed by atoms with van der Waals surface area (Å²) < 4.78 is 6.68. The number of fused-ring (bicyclic) bond motifs is 10. The number of aromatic nitrogens is 5. The van der Waals surface area contributed by atoms with Crippen LogP contribution in [0.15, 0.2) is 72.8 Å². The van der Waals surface area contributed by atoms with Crippen LogP contribution in [0.2, 0.25) is 0 Å². The molecule has 6 heteroatoms. The third kappa shape index (κ3) is 2.18. The molecule has 6 nitrogen and oxygen atoms in total. The zero-order chi connectivity index (χ0) is 23.4. The Morgan fingerprint density at radius 2 is 1.17 bits per heavy atom. The highest BCUT2D eigenvalue weighted by Crippen LogP contribution is 2.39. The van der Waals surface area contributed by atoms with E-state index in [-0.39, 0.29) is 0 Å². The van der Waals surface area contributed by atoms with Crippen LogP contribution in [-0.4, -0.2) is 23.2 Å². The highest BCUT2D eigenvalue weighted by Gasteiger charge is 2.24. The highest BCUT2D eigenvalue weighted by molar-refractivity contribution is 6.06. The molecule has 0 amide bonds. The number of nitrogens with zero attached hydrogens (tertiary/aromatic N) is 6.